The standard InChI is InChI=1S/C17H30N4/c1-12(2)9-17-19-14-10-18-7-5-16(14)21(17)15-6-8-20(4)11-13(15)3/h12-13,15,18H,5-11H2,1-4H3. The zero-order valence-electron chi connectivity index (χ0n) is 14.0. The molecule has 0 aromatic carbocycles. The fourth-order valence-corrected chi connectivity index (χ4v) is 4.01. The maximum atomic E-state index is 5.01. The van der Waals surface area contributed by atoms with Gasteiger partial charge in [-0.15, -0.1) is 0 Å². The van der Waals surface area contributed by atoms with E-state index in [1.54, 1.807) is 0 Å². The highest BCUT2D eigenvalue weighted by Gasteiger charge is 2.31. The highest BCUT2D eigenvalue weighted by atomic mass is 15.2. The van der Waals surface area contributed by atoms with Crippen LogP contribution in [-0.4, -0.2) is 41.1 Å². The average Bonchev–Trinajstić information content (AvgIpc) is 2.76. The summed E-state index contributed by atoms with van der Waals surface area (Å²) >= 11 is 0. The van der Waals surface area contributed by atoms with Gasteiger partial charge < -0.3 is 14.8 Å². The van der Waals surface area contributed by atoms with Crippen LogP contribution in [0.1, 0.15) is 50.4 Å². The number of hydrogen-bond donors (Lipinski definition) is 1. The van der Waals surface area contributed by atoms with E-state index in [2.05, 4.69) is 42.6 Å². The molecule has 0 saturated carbocycles. The lowest BCUT2D eigenvalue weighted by molar-refractivity contribution is 0.154. The van der Waals surface area contributed by atoms with E-state index < -0.39 is 0 Å². The molecule has 1 saturated heterocycles. The van der Waals surface area contributed by atoms with Crippen LogP contribution in [0.25, 0.3) is 0 Å². The Morgan fingerprint density at radius 2 is 2.19 bits per heavy atom. The first-order valence-electron chi connectivity index (χ1n) is 8.54. The van der Waals surface area contributed by atoms with Crippen molar-refractivity contribution in [3.63, 3.8) is 0 Å². The number of fused-ring (bicyclic) bond motifs is 1. The van der Waals surface area contributed by atoms with Gasteiger partial charge in [-0.25, -0.2) is 4.98 Å². The summed E-state index contributed by atoms with van der Waals surface area (Å²) in [5, 5.41) is 3.47. The normalized spacial score (nSPS) is 27.1. The molecule has 1 fully saturated rings. The van der Waals surface area contributed by atoms with Crippen LogP contribution in [-0.2, 0) is 19.4 Å². The minimum Gasteiger partial charge on any atom is -0.328 e. The van der Waals surface area contributed by atoms with Gasteiger partial charge in [0.25, 0.3) is 0 Å². The van der Waals surface area contributed by atoms with Crippen molar-refractivity contribution in [1.29, 1.82) is 0 Å². The van der Waals surface area contributed by atoms with Gasteiger partial charge in [-0.2, -0.15) is 0 Å². The molecule has 2 aliphatic rings. The van der Waals surface area contributed by atoms with Crippen molar-refractivity contribution in [2.75, 3.05) is 26.7 Å². The fraction of sp³-hybridized carbons (Fsp3) is 0.824. The second-order valence-corrected chi connectivity index (χ2v) is 7.41. The third kappa shape index (κ3) is 3.02. The van der Waals surface area contributed by atoms with Crippen molar-refractivity contribution >= 4 is 0 Å². The summed E-state index contributed by atoms with van der Waals surface area (Å²) < 4.78 is 2.65. The monoisotopic (exact) mass is 290 g/mol. The van der Waals surface area contributed by atoms with Gasteiger partial charge in [0, 0.05) is 44.2 Å². The first kappa shape index (κ1) is 15.0. The molecule has 1 N–H and O–H groups in total. The molecule has 2 atom stereocenters. The van der Waals surface area contributed by atoms with Gasteiger partial charge in [-0.3, -0.25) is 0 Å². The summed E-state index contributed by atoms with van der Waals surface area (Å²) in [6.07, 6.45) is 3.50. The first-order chi connectivity index (χ1) is 10.1. The van der Waals surface area contributed by atoms with E-state index in [-0.39, 0.29) is 0 Å². The molecular formula is C17H30N4. The second-order valence-electron chi connectivity index (χ2n) is 7.41. The molecular weight excluding hydrogens is 260 g/mol. The number of piperidine rings is 1. The van der Waals surface area contributed by atoms with E-state index in [1.807, 2.05) is 0 Å². The highest BCUT2D eigenvalue weighted by Crippen LogP contribution is 2.32. The summed E-state index contributed by atoms with van der Waals surface area (Å²) in [5.74, 6) is 2.71. The highest BCUT2D eigenvalue weighted by molar-refractivity contribution is 5.22. The van der Waals surface area contributed by atoms with E-state index in [0.717, 1.165) is 25.9 Å². The van der Waals surface area contributed by atoms with Crippen molar-refractivity contribution in [2.45, 2.75) is 52.6 Å². The summed E-state index contributed by atoms with van der Waals surface area (Å²) in [6, 6.07) is 0.643. The van der Waals surface area contributed by atoms with Gasteiger partial charge >= 0.3 is 0 Å². The Kier molecular flexibility index (Phi) is 4.36. The van der Waals surface area contributed by atoms with E-state index in [0.29, 0.717) is 17.9 Å². The molecule has 2 unspecified atom stereocenters. The van der Waals surface area contributed by atoms with Crippen molar-refractivity contribution < 1.29 is 0 Å². The second kappa shape index (κ2) is 6.09. The molecule has 0 bridgehead atoms. The van der Waals surface area contributed by atoms with Crippen LogP contribution in [0.5, 0.6) is 0 Å². The molecule has 21 heavy (non-hydrogen) atoms. The smallest absolute Gasteiger partial charge is 0.109 e. The van der Waals surface area contributed by atoms with Crippen LogP contribution in [0.15, 0.2) is 0 Å². The summed E-state index contributed by atoms with van der Waals surface area (Å²) in [7, 11) is 2.25. The van der Waals surface area contributed by atoms with Gasteiger partial charge in [-0.1, -0.05) is 20.8 Å². The minimum atomic E-state index is 0.643. The quantitative estimate of drug-likeness (QED) is 0.927. The van der Waals surface area contributed by atoms with Gasteiger partial charge in [0.1, 0.15) is 5.82 Å². The molecule has 0 aliphatic carbocycles. The fourth-order valence-electron chi connectivity index (χ4n) is 4.01. The van der Waals surface area contributed by atoms with Gasteiger partial charge in [0.05, 0.1) is 5.69 Å². The molecule has 2 aliphatic heterocycles. The van der Waals surface area contributed by atoms with E-state index in [4.69, 9.17) is 4.98 Å². The van der Waals surface area contributed by atoms with Crippen LogP contribution >= 0.6 is 0 Å². The molecule has 3 heterocycles. The summed E-state index contributed by atoms with van der Waals surface area (Å²) in [5.41, 5.74) is 2.83. The number of aromatic nitrogens is 2. The van der Waals surface area contributed by atoms with Crippen LogP contribution in [0.3, 0.4) is 0 Å². The minimum absolute atomic E-state index is 0.643. The van der Waals surface area contributed by atoms with Crippen molar-refractivity contribution in [3.05, 3.63) is 17.2 Å². The molecule has 1 aromatic rings. The molecule has 0 amide bonds. The van der Waals surface area contributed by atoms with Crippen molar-refractivity contribution in [1.82, 2.24) is 19.8 Å². The predicted octanol–water partition coefficient (Wildman–Crippen LogP) is 2.24. The molecule has 3 rings (SSSR count). The Morgan fingerprint density at radius 1 is 1.38 bits per heavy atom. The van der Waals surface area contributed by atoms with Crippen molar-refractivity contribution in [3.8, 4) is 0 Å². The molecule has 118 valence electrons. The first-order valence-corrected chi connectivity index (χ1v) is 8.54. The summed E-state index contributed by atoms with van der Waals surface area (Å²) in [4.78, 5) is 7.47. The van der Waals surface area contributed by atoms with E-state index >= 15 is 0 Å². The van der Waals surface area contributed by atoms with E-state index in [1.165, 1.54) is 36.7 Å². The van der Waals surface area contributed by atoms with Gasteiger partial charge in [-0.05, 0) is 31.8 Å². The average molecular weight is 290 g/mol. The maximum Gasteiger partial charge on any atom is 0.109 e. The van der Waals surface area contributed by atoms with Gasteiger partial charge in [0.15, 0.2) is 0 Å². The molecule has 4 nitrogen and oxygen atoms in total. The van der Waals surface area contributed by atoms with Gasteiger partial charge in [0.2, 0.25) is 0 Å². The third-order valence-corrected chi connectivity index (χ3v) is 4.98. The number of likely N-dealkylation sites (tertiary alicyclic amines) is 1. The Labute approximate surface area is 128 Å². The Morgan fingerprint density at radius 3 is 2.90 bits per heavy atom. The number of hydrogen-bond acceptors (Lipinski definition) is 3. The zero-order valence-corrected chi connectivity index (χ0v) is 14.0. The van der Waals surface area contributed by atoms with Crippen LogP contribution < -0.4 is 5.32 Å². The lowest BCUT2D eigenvalue weighted by Gasteiger charge is -2.37. The molecule has 0 radical (unpaired) electrons. The van der Waals surface area contributed by atoms with Crippen LogP contribution in [0.2, 0.25) is 0 Å². The SMILES string of the molecule is CC(C)Cc1nc2c(n1C1CCN(C)CC1C)CCNC2. The zero-order chi connectivity index (χ0) is 15.0. The van der Waals surface area contributed by atoms with Crippen LogP contribution in [0.4, 0.5) is 0 Å². The maximum absolute atomic E-state index is 5.01. The topological polar surface area (TPSA) is 33.1 Å². The number of nitrogens with one attached hydrogen (secondary N) is 1. The van der Waals surface area contributed by atoms with Crippen molar-refractivity contribution in [2.24, 2.45) is 11.8 Å². The lowest BCUT2D eigenvalue weighted by Crippen LogP contribution is -2.39. The Hall–Kier alpha value is -0.870. The number of nitrogens with zero attached hydrogens (tertiary/aromatic N) is 3. The third-order valence-electron chi connectivity index (χ3n) is 4.98. The molecule has 0 spiro atoms. The molecule has 4 heteroatoms. The predicted molar refractivity (Wildman–Crippen MR) is 86.5 cm³/mol. The Bertz CT molecular complexity index is 491. The molecule has 1 aromatic heterocycles. The Balaban J connectivity index is 1.96. The van der Waals surface area contributed by atoms with Crippen LogP contribution in [0, 0.1) is 11.8 Å². The number of imidazole rings is 1. The lowest BCUT2D eigenvalue weighted by atomic mass is 9.93. The van der Waals surface area contributed by atoms with E-state index in [9.17, 15) is 0 Å². The number of rotatable bonds is 3. The largest absolute Gasteiger partial charge is 0.328 e. The summed E-state index contributed by atoms with van der Waals surface area (Å²) in [6.45, 7) is 11.5.